The molecule has 0 aliphatic rings. The monoisotopic (exact) mass is 358 g/mol. The van der Waals surface area contributed by atoms with E-state index in [0.29, 0.717) is 12.1 Å². The minimum Gasteiger partial charge on any atom is -0.481 e. The Morgan fingerprint density at radius 3 is 2.46 bits per heavy atom. The summed E-state index contributed by atoms with van der Waals surface area (Å²) in [4.78, 5) is 28.0. The third kappa shape index (κ3) is 7.21. The molecule has 1 heterocycles. The average Bonchev–Trinajstić information content (AvgIpc) is 2.61. The first kappa shape index (κ1) is 21.6. The van der Waals surface area contributed by atoms with Gasteiger partial charge in [0.05, 0.1) is 12.3 Å². The van der Waals surface area contributed by atoms with Gasteiger partial charge in [0.25, 0.3) is 0 Å². The Balaban J connectivity index is 2.87. The fraction of sp³-hybridized carbons (Fsp3) is 0.476. The largest absolute Gasteiger partial charge is 0.481 e. The number of rotatable bonds is 11. The smallest absolute Gasteiger partial charge is 0.304 e. The number of anilines is 1. The van der Waals surface area contributed by atoms with E-state index in [1.165, 1.54) is 5.57 Å². The van der Waals surface area contributed by atoms with Crippen molar-refractivity contribution in [3.63, 3.8) is 0 Å². The predicted octanol–water partition coefficient (Wildman–Crippen LogP) is 4.83. The first-order valence-corrected chi connectivity index (χ1v) is 9.14. The van der Waals surface area contributed by atoms with E-state index in [1.54, 1.807) is 24.5 Å². The highest BCUT2D eigenvalue weighted by molar-refractivity contribution is 5.94. The summed E-state index contributed by atoms with van der Waals surface area (Å²) < 4.78 is 0. The predicted molar refractivity (Wildman–Crippen MR) is 105 cm³/mol. The fourth-order valence-corrected chi connectivity index (χ4v) is 2.97. The normalized spacial score (nSPS) is 13.7. The number of aliphatic carboxylic acids is 1. The molecule has 0 saturated carbocycles. The molecular formula is C21H30N2O3. The average molecular weight is 358 g/mol. The lowest BCUT2D eigenvalue weighted by atomic mass is 9.80. The molecule has 0 aliphatic heterocycles. The van der Waals surface area contributed by atoms with Crippen LogP contribution < -0.4 is 5.32 Å². The van der Waals surface area contributed by atoms with Crippen molar-refractivity contribution in [3.05, 3.63) is 48.3 Å². The van der Waals surface area contributed by atoms with E-state index in [0.717, 1.165) is 24.8 Å². The lowest BCUT2D eigenvalue weighted by molar-refractivity contribution is -0.141. The van der Waals surface area contributed by atoms with Gasteiger partial charge in [0.1, 0.15) is 0 Å². The Morgan fingerprint density at radius 1 is 1.27 bits per heavy atom. The molecule has 0 bridgehead atoms. The molecule has 2 N–H and O–H groups in total. The Morgan fingerprint density at radius 2 is 1.92 bits per heavy atom. The third-order valence-corrected chi connectivity index (χ3v) is 4.64. The molecule has 1 amide bonds. The zero-order chi connectivity index (χ0) is 19.5. The molecule has 1 aromatic heterocycles. The van der Waals surface area contributed by atoms with Gasteiger partial charge in [0, 0.05) is 18.1 Å². The number of nitrogens with one attached hydrogen (secondary N) is 1. The van der Waals surface area contributed by atoms with Gasteiger partial charge >= 0.3 is 5.97 Å². The zero-order valence-electron chi connectivity index (χ0n) is 16.0. The van der Waals surface area contributed by atoms with Gasteiger partial charge in [0.15, 0.2) is 0 Å². The highest BCUT2D eigenvalue weighted by atomic mass is 16.4. The van der Waals surface area contributed by atoms with E-state index < -0.39 is 11.9 Å². The Labute approximate surface area is 156 Å². The van der Waals surface area contributed by atoms with Crippen LogP contribution in [0.3, 0.4) is 0 Å². The van der Waals surface area contributed by atoms with Gasteiger partial charge in [0.2, 0.25) is 5.91 Å². The molecule has 5 heteroatoms. The van der Waals surface area contributed by atoms with Gasteiger partial charge in [-0.1, -0.05) is 37.6 Å². The molecular weight excluding hydrogens is 328 g/mol. The second-order valence-corrected chi connectivity index (χ2v) is 6.55. The number of hydrogen-bond donors (Lipinski definition) is 2. The van der Waals surface area contributed by atoms with Gasteiger partial charge in [-0.25, -0.2) is 0 Å². The summed E-state index contributed by atoms with van der Waals surface area (Å²) in [5.41, 5.74) is 2.87. The molecule has 0 spiro atoms. The van der Waals surface area contributed by atoms with E-state index in [-0.39, 0.29) is 18.2 Å². The van der Waals surface area contributed by atoms with Crippen molar-refractivity contribution < 1.29 is 14.7 Å². The minimum absolute atomic E-state index is 0.164. The van der Waals surface area contributed by atoms with Crippen molar-refractivity contribution in [3.8, 4) is 0 Å². The van der Waals surface area contributed by atoms with Gasteiger partial charge in [-0.15, -0.1) is 0 Å². The SMILES string of the molecule is C=C(CC/C=C(/C)CC)C(CC)C(CC(=O)O)C(=O)Nc1ccncc1. The van der Waals surface area contributed by atoms with Crippen LogP contribution in [-0.2, 0) is 9.59 Å². The van der Waals surface area contributed by atoms with E-state index in [9.17, 15) is 14.7 Å². The first-order chi connectivity index (χ1) is 12.4. The summed E-state index contributed by atoms with van der Waals surface area (Å²) in [6.45, 7) is 10.3. The van der Waals surface area contributed by atoms with Crippen molar-refractivity contribution in [2.45, 2.75) is 52.9 Å². The number of carbonyl (C=O) groups is 2. The van der Waals surface area contributed by atoms with Crippen LogP contribution in [0.25, 0.3) is 0 Å². The van der Waals surface area contributed by atoms with E-state index in [1.807, 2.05) is 6.92 Å². The molecule has 26 heavy (non-hydrogen) atoms. The van der Waals surface area contributed by atoms with Crippen LogP contribution >= 0.6 is 0 Å². The molecule has 0 aliphatic carbocycles. The van der Waals surface area contributed by atoms with Crippen LogP contribution in [0, 0.1) is 11.8 Å². The van der Waals surface area contributed by atoms with E-state index in [4.69, 9.17) is 0 Å². The molecule has 1 rings (SSSR count). The number of nitrogens with zero attached hydrogens (tertiary/aromatic N) is 1. The molecule has 2 atom stereocenters. The van der Waals surface area contributed by atoms with Gasteiger partial charge in [-0.05, 0) is 50.7 Å². The Kier molecular flexibility index (Phi) is 9.34. The molecule has 0 aromatic carbocycles. The van der Waals surface area contributed by atoms with Crippen LogP contribution in [0.5, 0.6) is 0 Å². The number of carboxylic acids is 1. The summed E-state index contributed by atoms with van der Waals surface area (Å²) in [7, 11) is 0. The van der Waals surface area contributed by atoms with Crippen molar-refractivity contribution in [2.75, 3.05) is 5.32 Å². The maximum atomic E-state index is 12.7. The van der Waals surface area contributed by atoms with Crippen LogP contribution in [0.2, 0.25) is 0 Å². The standard InChI is InChI=1S/C21H30N2O3/c1-5-15(3)8-7-9-16(4)18(6-2)19(14-20(24)25)21(26)23-17-10-12-22-13-11-17/h8,10-13,18-19H,4-7,9,14H2,1-3H3,(H,24,25)(H,22,23,26)/b15-8-. The summed E-state index contributed by atoms with van der Waals surface area (Å²) in [6, 6.07) is 3.37. The lowest BCUT2D eigenvalue weighted by Crippen LogP contribution is -2.32. The zero-order valence-corrected chi connectivity index (χ0v) is 16.0. The highest BCUT2D eigenvalue weighted by Crippen LogP contribution is 2.30. The number of allylic oxidation sites excluding steroid dienone is 3. The fourth-order valence-electron chi connectivity index (χ4n) is 2.97. The van der Waals surface area contributed by atoms with Crippen molar-refractivity contribution in [1.82, 2.24) is 4.98 Å². The second kappa shape index (κ2) is 11.2. The van der Waals surface area contributed by atoms with Crippen LogP contribution in [0.4, 0.5) is 5.69 Å². The van der Waals surface area contributed by atoms with Crippen LogP contribution in [-0.4, -0.2) is 22.0 Å². The third-order valence-electron chi connectivity index (χ3n) is 4.64. The summed E-state index contributed by atoms with van der Waals surface area (Å²) in [6.07, 6.45) is 8.45. The van der Waals surface area contributed by atoms with Gasteiger partial charge in [-0.3, -0.25) is 14.6 Å². The van der Waals surface area contributed by atoms with Gasteiger partial charge < -0.3 is 10.4 Å². The molecule has 0 radical (unpaired) electrons. The van der Waals surface area contributed by atoms with E-state index >= 15 is 0 Å². The van der Waals surface area contributed by atoms with Crippen LogP contribution in [0.1, 0.15) is 52.9 Å². The number of carbonyl (C=O) groups excluding carboxylic acids is 1. The lowest BCUT2D eigenvalue weighted by Gasteiger charge is -2.26. The minimum atomic E-state index is -0.979. The summed E-state index contributed by atoms with van der Waals surface area (Å²) >= 11 is 0. The maximum Gasteiger partial charge on any atom is 0.304 e. The van der Waals surface area contributed by atoms with Gasteiger partial charge in [-0.2, -0.15) is 0 Å². The first-order valence-electron chi connectivity index (χ1n) is 9.14. The highest BCUT2D eigenvalue weighted by Gasteiger charge is 2.31. The quantitative estimate of drug-likeness (QED) is 0.555. The Hall–Kier alpha value is -2.43. The maximum absolute atomic E-state index is 12.7. The summed E-state index contributed by atoms with van der Waals surface area (Å²) in [5.74, 6) is -2.07. The summed E-state index contributed by atoms with van der Waals surface area (Å²) in [5, 5.41) is 12.1. The number of pyridine rings is 1. The molecule has 2 unspecified atom stereocenters. The Bertz CT molecular complexity index is 638. The van der Waals surface area contributed by atoms with E-state index in [2.05, 4.69) is 36.8 Å². The molecule has 5 nitrogen and oxygen atoms in total. The molecule has 142 valence electrons. The van der Waals surface area contributed by atoms with Crippen molar-refractivity contribution >= 4 is 17.6 Å². The number of carboxylic acid groups (broad SMARTS) is 1. The van der Waals surface area contributed by atoms with Crippen molar-refractivity contribution in [1.29, 1.82) is 0 Å². The number of hydrogen-bond acceptors (Lipinski definition) is 3. The van der Waals surface area contributed by atoms with Crippen LogP contribution in [0.15, 0.2) is 48.3 Å². The number of amides is 1. The number of aromatic nitrogens is 1. The second-order valence-electron chi connectivity index (χ2n) is 6.55. The molecule has 0 fully saturated rings. The topological polar surface area (TPSA) is 79.3 Å². The molecule has 0 saturated heterocycles. The van der Waals surface area contributed by atoms with Crippen molar-refractivity contribution in [2.24, 2.45) is 11.8 Å². The molecule has 1 aromatic rings.